The van der Waals surface area contributed by atoms with E-state index < -0.39 is 23.3 Å². The summed E-state index contributed by atoms with van der Waals surface area (Å²) in [7, 11) is 0. The third-order valence-corrected chi connectivity index (χ3v) is 6.30. The molecule has 0 aliphatic rings. The monoisotopic (exact) mass is 522 g/mol. The number of hydrogen-bond acceptors (Lipinski definition) is 7. The first kappa shape index (κ1) is 27.4. The Balaban J connectivity index is 1.73. The normalized spacial score (nSPS) is 12.8. The van der Waals surface area contributed by atoms with E-state index in [2.05, 4.69) is 17.1 Å². The number of ether oxygens (including phenoxy) is 3. The Bertz CT molecular complexity index is 1130. The van der Waals surface area contributed by atoms with Gasteiger partial charge in [0.15, 0.2) is 16.7 Å². The lowest BCUT2D eigenvalue weighted by Crippen LogP contribution is -2.39. The van der Waals surface area contributed by atoms with Crippen LogP contribution in [-0.4, -0.2) is 28.4 Å². The van der Waals surface area contributed by atoms with Crippen LogP contribution in [-0.2, 0) is 15.7 Å². The fourth-order valence-corrected chi connectivity index (χ4v) is 4.21. The van der Waals surface area contributed by atoms with Crippen molar-refractivity contribution in [2.24, 2.45) is 0 Å². The Labute approximate surface area is 212 Å². The quantitative estimate of drug-likeness (QED) is 0.247. The molecule has 10 heteroatoms. The Morgan fingerprint density at radius 1 is 0.972 bits per heavy atom. The predicted molar refractivity (Wildman–Crippen MR) is 131 cm³/mol. The van der Waals surface area contributed by atoms with Crippen LogP contribution in [0.4, 0.5) is 13.2 Å². The number of nitrogens with zero attached hydrogens (tertiary/aromatic N) is 2. The SMILES string of the molecule is CCCCC(Oc1ccc(OC(C)(C)C(=O)OCC)cc1)c1nnc(-c2ccc(C(F)(F)F)cc2)s1. The fourth-order valence-electron chi connectivity index (χ4n) is 3.30. The molecule has 3 rings (SSSR count). The molecule has 0 spiro atoms. The van der Waals surface area contributed by atoms with E-state index in [1.54, 1.807) is 45.0 Å². The average molecular weight is 523 g/mol. The van der Waals surface area contributed by atoms with Crippen molar-refractivity contribution >= 4 is 17.3 Å². The average Bonchev–Trinajstić information content (AvgIpc) is 3.32. The van der Waals surface area contributed by atoms with Gasteiger partial charge in [-0.15, -0.1) is 10.2 Å². The maximum Gasteiger partial charge on any atom is 0.416 e. The van der Waals surface area contributed by atoms with Crippen LogP contribution in [0.25, 0.3) is 10.6 Å². The highest BCUT2D eigenvalue weighted by Crippen LogP contribution is 2.35. The molecule has 0 saturated carbocycles. The third kappa shape index (κ3) is 7.19. The van der Waals surface area contributed by atoms with Crippen LogP contribution in [0.5, 0.6) is 11.5 Å². The number of aromatic nitrogens is 2. The molecule has 0 amide bonds. The predicted octanol–water partition coefficient (Wildman–Crippen LogP) is 7.25. The molecular formula is C26H29F3N2O4S. The van der Waals surface area contributed by atoms with Gasteiger partial charge in [-0.25, -0.2) is 4.79 Å². The number of esters is 1. The zero-order valence-electron chi connectivity index (χ0n) is 20.6. The van der Waals surface area contributed by atoms with E-state index in [1.807, 2.05) is 0 Å². The minimum absolute atomic E-state index is 0.268. The van der Waals surface area contributed by atoms with Crippen LogP contribution in [0.3, 0.4) is 0 Å². The van der Waals surface area contributed by atoms with Crippen molar-refractivity contribution in [3.8, 4) is 22.1 Å². The van der Waals surface area contributed by atoms with Crippen molar-refractivity contribution in [2.45, 2.75) is 64.8 Å². The summed E-state index contributed by atoms with van der Waals surface area (Å²) < 4.78 is 55.6. The largest absolute Gasteiger partial charge is 0.483 e. The van der Waals surface area contributed by atoms with Crippen molar-refractivity contribution < 1.29 is 32.2 Å². The van der Waals surface area contributed by atoms with Gasteiger partial charge in [0.1, 0.15) is 16.5 Å². The molecule has 36 heavy (non-hydrogen) atoms. The lowest BCUT2D eigenvalue weighted by atomic mass is 10.1. The van der Waals surface area contributed by atoms with Gasteiger partial charge >= 0.3 is 12.1 Å². The number of carbonyl (C=O) groups excluding carboxylic acids is 1. The van der Waals surface area contributed by atoms with Crippen LogP contribution in [0, 0.1) is 0 Å². The summed E-state index contributed by atoms with van der Waals surface area (Å²) >= 11 is 1.29. The molecule has 0 aliphatic heterocycles. The Morgan fingerprint density at radius 2 is 1.61 bits per heavy atom. The van der Waals surface area contributed by atoms with Gasteiger partial charge in [-0.05, 0) is 70.0 Å². The Hall–Kier alpha value is -3.14. The molecule has 1 unspecified atom stereocenters. The Morgan fingerprint density at radius 3 is 2.19 bits per heavy atom. The molecule has 6 nitrogen and oxygen atoms in total. The van der Waals surface area contributed by atoms with Crippen molar-refractivity contribution in [3.05, 3.63) is 59.1 Å². The van der Waals surface area contributed by atoms with E-state index in [9.17, 15) is 18.0 Å². The summed E-state index contributed by atoms with van der Waals surface area (Å²) in [6, 6.07) is 11.8. The van der Waals surface area contributed by atoms with Crippen LogP contribution in [0.15, 0.2) is 48.5 Å². The van der Waals surface area contributed by atoms with E-state index in [-0.39, 0.29) is 12.7 Å². The topological polar surface area (TPSA) is 70.5 Å². The van der Waals surface area contributed by atoms with E-state index in [0.29, 0.717) is 33.5 Å². The van der Waals surface area contributed by atoms with Crippen molar-refractivity contribution in [1.29, 1.82) is 0 Å². The summed E-state index contributed by atoms with van der Waals surface area (Å²) in [5.74, 6) is 0.625. The molecule has 0 bridgehead atoms. The van der Waals surface area contributed by atoms with E-state index in [0.717, 1.165) is 25.0 Å². The highest BCUT2D eigenvalue weighted by molar-refractivity contribution is 7.14. The molecule has 0 aliphatic carbocycles. The molecule has 0 saturated heterocycles. The van der Waals surface area contributed by atoms with Gasteiger partial charge in [0.25, 0.3) is 0 Å². The molecule has 1 atom stereocenters. The maximum atomic E-state index is 12.9. The van der Waals surface area contributed by atoms with Crippen molar-refractivity contribution in [1.82, 2.24) is 10.2 Å². The van der Waals surface area contributed by atoms with Crippen LogP contribution < -0.4 is 9.47 Å². The number of carbonyl (C=O) groups is 1. The number of unbranched alkanes of at least 4 members (excludes halogenated alkanes) is 1. The summed E-state index contributed by atoms with van der Waals surface area (Å²) in [6.45, 7) is 7.35. The molecule has 3 aromatic rings. The lowest BCUT2D eigenvalue weighted by molar-refractivity contribution is -0.158. The van der Waals surface area contributed by atoms with Crippen molar-refractivity contribution in [3.63, 3.8) is 0 Å². The zero-order valence-corrected chi connectivity index (χ0v) is 21.4. The Kier molecular flexibility index (Phi) is 8.94. The van der Waals surface area contributed by atoms with Crippen LogP contribution in [0.1, 0.15) is 63.6 Å². The third-order valence-electron chi connectivity index (χ3n) is 5.24. The highest BCUT2D eigenvalue weighted by Gasteiger charge is 2.32. The minimum atomic E-state index is -4.39. The van der Waals surface area contributed by atoms with Gasteiger partial charge in [0.2, 0.25) is 0 Å². The second kappa shape index (κ2) is 11.7. The van der Waals surface area contributed by atoms with Crippen LogP contribution in [0.2, 0.25) is 0 Å². The van der Waals surface area contributed by atoms with Crippen molar-refractivity contribution in [2.75, 3.05) is 6.61 Å². The smallest absolute Gasteiger partial charge is 0.416 e. The van der Waals surface area contributed by atoms with Gasteiger partial charge in [0.05, 0.1) is 12.2 Å². The summed E-state index contributed by atoms with van der Waals surface area (Å²) in [4.78, 5) is 12.1. The minimum Gasteiger partial charge on any atom is -0.483 e. The number of halogens is 3. The summed E-state index contributed by atoms with van der Waals surface area (Å²) in [6.07, 6.45) is -2.20. The molecule has 0 fully saturated rings. The highest BCUT2D eigenvalue weighted by atomic mass is 32.1. The molecule has 1 aromatic heterocycles. The van der Waals surface area contributed by atoms with Gasteiger partial charge in [-0.2, -0.15) is 13.2 Å². The van der Waals surface area contributed by atoms with E-state index >= 15 is 0 Å². The molecule has 0 N–H and O–H groups in total. The van der Waals surface area contributed by atoms with Gasteiger partial charge in [-0.3, -0.25) is 0 Å². The van der Waals surface area contributed by atoms with E-state index in [4.69, 9.17) is 14.2 Å². The number of hydrogen-bond donors (Lipinski definition) is 0. The standard InChI is InChI=1S/C26H29F3N2O4S/c1-5-7-8-21(23-31-30-22(36-23)17-9-11-18(12-10-17)26(27,28)29)34-19-13-15-20(16-14-19)35-25(3,4)24(32)33-6-2/h9-16,21H,5-8H2,1-4H3. The first-order valence-corrected chi connectivity index (χ1v) is 12.5. The van der Waals surface area contributed by atoms with E-state index in [1.165, 1.54) is 23.5 Å². The fraction of sp³-hybridized carbons (Fsp3) is 0.423. The summed E-state index contributed by atoms with van der Waals surface area (Å²) in [5, 5.41) is 9.60. The number of benzene rings is 2. The maximum absolute atomic E-state index is 12.9. The second-order valence-electron chi connectivity index (χ2n) is 8.57. The molecule has 194 valence electrons. The van der Waals surface area contributed by atoms with Gasteiger partial charge in [0, 0.05) is 5.56 Å². The first-order valence-electron chi connectivity index (χ1n) is 11.7. The van der Waals surface area contributed by atoms with Gasteiger partial charge in [-0.1, -0.05) is 36.8 Å². The zero-order chi connectivity index (χ0) is 26.3. The second-order valence-corrected chi connectivity index (χ2v) is 9.58. The lowest BCUT2D eigenvalue weighted by Gasteiger charge is -2.24. The first-order chi connectivity index (χ1) is 17.0. The molecule has 2 aromatic carbocycles. The van der Waals surface area contributed by atoms with Crippen LogP contribution >= 0.6 is 11.3 Å². The number of alkyl halides is 3. The molecule has 1 heterocycles. The summed E-state index contributed by atoms with van der Waals surface area (Å²) in [5.41, 5.74) is -1.28. The molecule has 0 radical (unpaired) electrons. The molecular weight excluding hydrogens is 493 g/mol. The number of rotatable bonds is 11. The van der Waals surface area contributed by atoms with Gasteiger partial charge < -0.3 is 14.2 Å².